The number of phosphoric acid groups is 1. The van der Waals surface area contributed by atoms with Gasteiger partial charge in [-0.2, -0.15) is 0 Å². The van der Waals surface area contributed by atoms with Gasteiger partial charge in [-0.15, -0.1) is 0 Å². The zero-order chi connectivity index (χ0) is 42.8. The van der Waals surface area contributed by atoms with Crippen LogP contribution in [0.25, 0.3) is 0 Å². The van der Waals surface area contributed by atoms with E-state index in [1.165, 1.54) is 38.5 Å². The molecule has 4 atom stereocenters. The molecule has 11 nitrogen and oxygen atoms in total. The number of allylic oxidation sites excluding steroid dienone is 13. The van der Waals surface area contributed by atoms with Gasteiger partial charge in [0.25, 0.3) is 0 Å². The average Bonchev–Trinajstić information content (AvgIpc) is 3.20. The fourth-order valence-corrected chi connectivity index (χ4v) is 6.08. The largest absolute Gasteiger partial charge is 0.472 e. The molecule has 0 aliphatic rings. The lowest BCUT2D eigenvalue weighted by atomic mass is 10.1. The molecule has 0 aliphatic carbocycles. The van der Waals surface area contributed by atoms with E-state index in [0.29, 0.717) is 19.3 Å². The van der Waals surface area contributed by atoms with E-state index in [0.717, 1.165) is 64.2 Å². The summed E-state index contributed by atoms with van der Waals surface area (Å²) in [7, 11) is -4.67. The van der Waals surface area contributed by atoms with Crippen LogP contribution < -0.4 is 0 Å². The Labute approximate surface area is 350 Å². The SMILES string of the molecule is CC/C=C\C/C=C\C/C=C\C/C=C\CCCCCCC(=O)O[C@H](COC(=O)CCCC(O)/C=C/C=C/C/C=C/CCCCCCCC)COP(=O)(O)OC[C@@H](O)CO. The summed E-state index contributed by atoms with van der Waals surface area (Å²) >= 11 is 0. The monoisotopic (exact) mass is 837 g/mol. The lowest BCUT2D eigenvalue weighted by molar-refractivity contribution is -0.161. The molecule has 0 aromatic heterocycles. The van der Waals surface area contributed by atoms with Crippen LogP contribution in [0.5, 0.6) is 0 Å². The van der Waals surface area contributed by atoms with E-state index in [2.05, 4.69) is 79.1 Å². The van der Waals surface area contributed by atoms with Crippen LogP contribution in [-0.4, -0.2) is 76.9 Å². The minimum Gasteiger partial charge on any atom is -0.462 e. The molecule has 58 heavy (non-hydrogen) atoms. The normalized spacial score (nSPS) is 15.2. The molecule has 0 saturated carbocycles. The topological polar surface area (TPSA) is 169 Å². The van der Waals surface area contributed by atoms with E-state index in [-0.39, 0.29) is 12.8 Å². The van der Waals surface area contributed by atoms with E-state index in [1.807, 2.05) is 12.2 Å². The van der Waals surface area contributed by atoms with Crippen molar-refractivity contribution in [3.05, 3.63) is 85.1 Å². The number of hydrogen-bond acceptors (Lipinski definition) is 10. The van der Waals surface area contributed by atoms with Crippen molar-refractivity contribution in [2.45, 2.75) is 167 Å². The second-order valence-corrected chi connectivity index (χ2v) is 15.6. The lowest BCUT2D eigenvalue weighted by Crippen LogP contribution is -2.30. The van der Waals surface area contributed by atoms with Crippen molar-refractivity contribution < 1.29 is 52.9 Å². The van der Waals surface area contributed by atoms with Crippen molar-refractivity contribution in [3.63, 3.8) is 0 Å². The quantitative estimate of drug-likeness (QED) is 0.0153. The second-order valence-electron chi connectivity index (χ2n) is 14.2. The summed E-state index contributed by atoms with van der Waals surface area (Å²) in [6, 6.07) is 0. The molecular weight excluding hydrogens is 759 g/mol. The number of hydrogen-bond donors (Lipinski definition) is 4. The third-order valence-corrected chi connectivity index (χ3v) is 9.59. The summed E-state index contributed by atoms with van der Waals surface area (Å²) < 4.78 is 32.5. The number of carbonyl (C=O) groups is 2. The molecule has 0 spiro atoms. The molecule has 0 aromatic carbocycles. The maximum atomic E-state index is 12.6. The first-order valence-electron chi connectivity index (χ1n) is 21.7. The molecule has 332 valence electrons. The van der Waals surface area contributed by atoms with Crippen LogP contribution in [-0.2, 0) is 32.7 Å². The van der Waals surface area contributed by atoms with Crippen LogP contribution in [0.2, 0.25) is 0 Å². The van der Waals surface area contributed by atoms with Crippen molar-refractivity contribution in [2.24, 2.45) is 0 Å². The molecule has 4 N–H and O–H groups in total. The summed E-state index contributed by atoms with van der Waals surface area (Å²) in [5.74, 6) is -1.16. The number of esters is 2. The van der Waals surface area contributed by atoms with Crippen LogP contribution in [0, 0.1) is 0 Å². The maximum Gasteiger partial charge on any atom is 0.472 e. The Morgan fingerprint density at radius 2 is 1.14 bits per heavy atom. The standard InChI is InChI=1S/C46H77O11P/c1-3-5-7-9-11-13-15-17-18-19-20-22-24-26-28-30-32-36-46(51)57-44(41-56-58(52,53)55-39-43(49)38-47)40-54-45(50)37-33-35-42(48)34-31-29-27-25-23-21-16-14-12-10-8-6-4-2/h5,7,11,13,17-18,20-23,27,29,31,34,42-44,47-49H,3-4,6,8-10,12,14-16,19,24-26,28,30,32-33,35-41H2,1-2H3,(H,52,53)/b7-5-,13-11-,18-17-,22-20-,23-21+,29-27+,34-31+/t42?,43-,44+/m0/s1. The number of aliphatic hydroxyl groups is 3. The molecule has 0 bridgehead atoms. The molecule has 0 rings (SSSR count). The van der Waals surface area contributed by atoms with Gasteiger partial charge >= 0.3 is 19.8 Å². The van der Waals surface area contributed by atoms with Gasteiger partial charge in [0.2, 0.25) is 0 Å². The molecule has 2 unspecified atom stereocenters. The Balaban J connectivity index is 4.54. The first-order chi connectivity index (χ1) is 28.1. The minimum absolute atomic E-state index is 0.00717. The van der Waals surface area contributed by atoms with E-state index < -0.39 is 64.5 Å². The molecule has 0 saturated heterocycles. The van der Waals surface area contributed by atoms with E-state index in [9.17, 15) is 29.3 Å². The summed E-state index contributed by atoms with van der Waals surface area (Å²) in [6.45, 7) is 1.99. The van der Waals surface area contributed by atoms with Gasteiger partial charge < -0.3 is 29.7 Å². The smallest absolute Gasteiger partial charge is 0.462 e. The van der Waals surface area contributed by atoms with Crippen LogP contribution in [0.3, 0.4) is 0 Å². The summed E-state index contributed by atoms with van der Waals surface area (Å²) in [5, 5.41) is 28.6. The first-order valence-corrected chi connectivity index (χ1v) is 23.1. The number of phosphoric ester groups is 1. The molecule has 0 heterocycles. The lowest BCUT2D eigenvalue weighted by Gasteiger charge is -2.20. The third-order valence-electron chi connectivity index (χ3n) is 8.64. The van der Waals surface area contributed by atoms with E-state index in [4.69, 9.17) is 19.1 Å². The Morgan fingerprint density at radius 1 is 0.603 bits per heavy atom. The van der Waals surface area contributed by atoms with Crippen LogP contribution in [0.4, 0.5) is 0 Å². The third kappa shape index (κ3) is 39.9. The average molecular weight is 837 g/mol. The van der Waals surface area contributed by atoms with Gasteiger partial charge in [-0.05, 0) is 77.0 Å². The van der Waals surface area contributed by atoms with E-state index >= 15 is 0 Å². The van der Waals surface area contributed by atoms with Crippen LogP contribution in [0.1, 0.15) is 149 Å². The van der Waals surface area contributed by atoms with Crippen molar-refractivity contribution in [1.29, 1.82) is 0 Å². The Hall–Kier alpha value is -2.89. The highest BCUT2D eigenvalue weighted by molar-refractivity contribution is 7.47. The van der Waals surface area contributed by atoms with Crippen LogP contribution >= 0.6 is 7.82 Å². The summed E-state index contributed by atoms with van der Waals surface area (Å²) in [5.41, 5.74) is 0. The fourth-order valence-electron chi connectivity index (χ4n) is 5.29. The maximum absolute atomic E-state index is 12.6. The molecule has 12 heteroatoms. The zero-order valence-corrected chi connectivity index (χ0v) is 36.5. The molecule has 0 aromatic rings. The van der Waals surface area contributed by atoms with Crippen molar-refractivity contribution in [2.75, 3.05) is 26.4 Å². The van der Waals surface area contributed by atoms with Crippen LogP contribution in [0.15, 0.2) is 85.1 Å². The second kappa shape index (κ2) is 40.9. The summed E-state index contributed by atoms with van der Waals surface area (Å²) in [6.07, 6.45) is 44.4. The van der Waals surface area contributed by atoms with Gasteiger partial charge in [0, 0.05) is 12.8 Å². The predicted molar refractivity (Wildman–Crippen MR) is 234 cm³/mol. The van der Waals surface area contributed by atoms with E-state index in [1.54, 1.807) is 12.2 Å². The number of unbranched alkanes of at least 4 members (excludes halogenated alkanes) is 10. The van der Waals surface area contributed by atoms with Gasteiger partial charge in [0.1, 0.15) is 12.7 Å². The van der Waals surface area contributed by atoms with Gasteiger partial charge in [-0.1, -0.05) is 144 Å². The Morgan fingerprint density at radius 3 is 1.76 bits per heavy atom. The van der Waals surface area contributed by atoms with Crippen molar-refractivity contribution in [3.8, 4) is 0 Å². The number of rotatable bonds is 39. The highest BCUT2D eigenvalue weighted by Crippen LogP contribution is 2.43. The number of carbonyl (C=O) groups excluding carboxylic acids is 2. The molecule has 0 amide bonds. The fraction of sp³-hybridized carbons (Fsp3) is 0.652. The molecule has 0 radical (unpaired) electrons. The van der Waals surface area contributed by atoms with Gasteiger partial charge in [-0.25, -0.2) is 4.57 Å². The van der Waals surface area contributed by atoms with Crippen molar-refractivity contribution in [1.82, 2.24) is 0 Å². The first kappa shape index (κ1) is 55.1. The number of aliphatic hydroxyl groups excluding tert-OH is 3. The van der Waals surface area contributed by atoms with Gasteiger partial charge in [-0.3, -0.25) is 18.6 Å². The molecule has 0 aliphatic heterocycles. The number of ether oxygens (including phenoxy) is 2. The Kier molecular flexibility index (Phi) is 38.8. The zero-order valence-electron chi connectivity index (χ0n) is 35.6. The Bertz CT molecular complexity index is 1250. The van der Waals surface area contributed by atoms with Gasteiger partial charge in [0.15, 0.2) is 6.10 Å². The summed E-state index contributed by atoms with van der Waals surface area (Å²) in [4.78, 5) is 35.0. The molecular formula is C46H77O11P. The minimum atomic E-state index is -4.67. The predicted octanol–water partition coefficient (Wildman–Crippen LogP) is 10.4. The highest BCUT2D eigenvalue weighted by atomic mass is 31.2. The highest BCUT2D eigenvalue weighted by Gasteiger charge is 2.27. The molecule has 0 fully saturated rings. The van der Waals surface area contributed by atoms with Gasteiger partial charge in [0.05, 0.1) is 25.9 Å². The van der Waals surface area contributed by atoms with Crippen molar-refractivity contribution >= 4 is 19.8 Å².